The smallest absolute Gasteiger partial charge is 0.224 e. The number of guanidine groups is 1. The quantitative estimate of drug-likeness (QED) is 0.247. The minimum absolute atomic E-state index is 0.246. The number of halogens is 2. The molecule has 40 heavy (non-hydrogen) atoms. The molecule has 4 rings (SSSR count). The fourth-order valence-electron chi connectivity index (χ4n) is 5.24. The molecule has 1 unspecified atom stereocenters. The number of hydrogen-bond donors (Lipinski definition) is 1. The first-order valence-electron chi connectivity index (χ1n) is 13.9. The van der Waals surface area contributed by atoms with Gasteiger partial charge in [0.2, 0.25) is 11.8 Å². The van der Waals surface area contributed by atoms with Gasteiger partial charge >= 0.3 is 0 Å². The van der Waals surface area contributed by atoms with E-state index in [9.17, 15) is 5.11 Å². The Morgan fingerprint density at radius 1 is 1.10 bits per heavy atom. The van der Waals surface area contributed by atoms with Crippen LogP contribution in [0.5, 0.6) is 5.88 Å². The number of aliphatic imine (C=N–C) groups is 2. The van der Waals surface area contributed by atoms with Crippen LogP contribution in [0.25, 0.3) is 11.3 Å². The van der Waals surface area contributed by atoms with Gasteiger partial charge in [0.15, 0.2) is 0 Å². The maximum Gasteiger partial charge on any atom is 0.224 e. The monoisotopic (exact) mass is 586 g/mol. The summed E-state index contributed by atoms with van der Waals surface area (Å²) in [4.78, 5) is 20.3. The van der Waals surface area contributed by atoms with Crippen molar-refractivity contribution in [3.8, 4) is 17.1 Å². The molecule has 1 aromatic carbocycles. The highest BCUT2D eigenvalue weighted by atomic mass is 35.5. The Morgan fingerprint density at radius 3 is 2.40 bits per heavy atom. The largest absolute Gasteiger partial charge is 0.442 e. The number of nitrogens with zero attached hydrogens (tertiary/aromatic N) is 6. The summed E-state index contributed by atoms with van der Waals surface area (Å²) in [5.74, 6) is 2.23. The van der Waals surface area contributed by atoms with Gasteiger partial charge in [-0.1, -0.05) is 23.2 Å². The third-order valence-electron chi connectivity index (χ3n) is 7.36. The van der Waals surface area contributed by atoms with Gasteiger partial charge in [0.25, 0.3) is 0 Å². The van der Waals surface area contributed by atoms with Crippen molar-refractivity contribution < 1.29 is 9.84 Å². The van der Waals surface area contributed by atoms with Crippen molar-refractivity contribution in [1.82, 2.24) is 19.7 Å². The van der Waals surface area contributed by atoms with Crippen LogP contribution >= 0.6 is 23.2 Å². The standard InChI is InChI=1S/C30H40Cl2N6O2/c1-21(39)13-23-5-7-37(8-6-23)20-24-14-28(25-16-26(31)18-27(32)17-25)35-29(15-24)40-22(2)19-34-30(33-3)38-11-9-36(4)10-12-38/h14-19,21,23,39H,3,5-13,20H2,1-2,4H3/b22-19+,34-30+. The summed E-state index contributed by atoms with van der Waals surface area (Å²) in [5.41, 5.74) is 2.66. The molecule has 0 amide bonds. The predicted octanol–water partition coefficient (Wildman–Crippen LogP) is 5.58. The van der Waals surface area contributed by atoms with Crippen LogP contribution in [0.1, 0.15) is 38.7 Å². The molecule has 216 valence electrons. The number of benzene rings is 1. The van der Waals surface area contributed by atoms with Crippen molar-refractivity contribution in [2.45, 2.75) is 45.8 Å². The Balaban J connectivity index is 1.54. The number of piperidine rings is 1. The molecule has 2 aliphatic rings. The first kappa shape index (κ1) is 30.5. The number of ether oxygens (including phenoxy) is 1. The van der Waals surface area contributed by atoms with Crippen molar-refractivity contribution in [1.29, 1.82) is 0 Å². The van der Waals surface area contributed by atoms with E-state index in [0.29, 0.717) is 33.6 Å². The summed E-state index contributed by atoms with van der Waals surface area (Å²) in [6.45, 7) is 13.8. The lowest BCUT2D eigenvalue weighted by atomic mass is 9.91. The van der Waals surface area contributed by atoms with Gasteiger partial charge in [-0.2, -0.15) is 0 Å². The van der Waals surface area contributed by atoms with Crippen LogP contribution in [0.2, 0.25) is 10.0 Å². The number of aromatic nitrogens is 1. The predicted molar refractivity (Wildman–Crippen MR) is 164 cm³/mol. The molecule has 0 saturated carbocycles. The van der Waals surface area contributed by atoms with Gasteiger partial charge < -0.3 is 19.6 Å². The molecule has 1 aromatic heterocycles. The van der Waals surface area contributed by atoms with Crippen molar-refractivity contribution in [2.24, 2.45) is 15.9 Å². The SMILES string of the molecule is C=N/C(=N\C=C(/C)Oc1cc(CN2CCC(CC(C)O)CC2)cc(-c2cc(Cl)cc(Cl)c2)n1)N1CCN(C)CC1. The summed E-state index contributed by atoms with van der Waals surface area (Å²) in [6, 6.07) is 9.47. The van der Waals surface area contributed by atoms with E-state index in [1.54, 1.807) is 12.3 Å². The lowest BCUT2D eigenvalue weighted by Gasteiger charge is -2.32. The molecule has 0 spiro atoms. The van der Waals surface area contributed by atoms with E-state index in [-0.39, 0.29) is 6.10 Å². The number of pyridine rings is 1. The Morgan fingerprint density at radius 2 is 1.77 bits per heavy atom. The van der Waals surface area contributed by atoms with Gasteiger partial charge in [-0.15, -0.1) is 0 Å². The van der Waals surface area contributed by atoms with Crippen molar-refractivity contribution in [3.63, 3.8) is 0 Å². The molecular formula is C30H40Cl2N6O2. The van der Waals surface area contributed by atoms with E-state index < -0.39 is 0 Å². The zero-order valence-electron chi connectivity index (χ0n) is 23.7. The first-order chi connectivity index (χ1) is 19.2. The number of likely N-dealkylation sites (tertiary alicyclic amines) is 1. The second kappa shape index (κ2) is 14.4. The van der Waals surface area contributed by atoms with Gasteiger partial charge in [-0.3, -0.25) is 4.90 Å². The molecule has 2 fully saturated rings. The number of allylic oxidation sites excluding steroid dienone is 1. The van der Waals surface area contributed by atoms with E-state index >= 15 is 0 Å². The van der Waals surface area contributed by atoms with Crippen LogP contribution in [0.4, 0.5) is 0 Å². The second-order valence-electron chi connectivity index (χ2n) is 10.9. The lowest BCUT2D eigenvalue weighted by Crippen LogP contribution is -2.46. The molecule has 3 heterocycles. The second-order valence-corrected chi connectivity index (χ2v) is 11.8. The molecule has 10 heteroatoms. The number of piperazine rings is 1. The molecule has 0 aliphatic carbocycles. The maximum atomic E-state index is 9.77. The number of rotatable bonds is 8. The van der Waals surface area contributed by atoms with Crippen LogP contribution in [0.15, 0.2) is 52.3 Å². The average Bonchev–Trinajstić information content (AvgIpc) is 2.90. The highest BCUT2D eigenvalue weighted by Gasteiger charge is 2.21. The van der Waals surface area contributed by atoms with E-state index in [0.717, 1.165) is 81.9 Å². The molecule has 2 aromatic rings. The first-order valence-corrected chi connectivity index (χ1v) is 14.6. The Bertz CT molecular complexity index is 1200. The fraction of sp³-hybridized carbons (Fsp3) is 0.500. The van der Waals surface area contributed by atoms with E-state index in [1.165, 1.54) is 0 Å². The lowest BCUT2D eigenvalue weighted by molar-refractivity contribution is 0.116. The van der Waals surface area contributed by atoms with Crippen LogP contribution in [0.3, 0.4) is 0 Å². The number of aliphatic hydroxyl groups excluding tert-OH is 1. The maximum absolute atomic E-state index is 9.77. The molecule has 2 saturated heterocycles. The van der Waals surface area contributed by atoms with Crippen LogP contribution in [-0.2, 0) is 6.54 Å². The van der Waals surface area contributed by atoms with Gasteiger partial charge in [0, 0.05) is 54.4 Å². The molecule has 1 N–H and O–H groups in total. The average molecular weight is 588 g/mol. The fourth-order valence-corrected chi connectivity index (χ4v) is 5.77. The summed E-state index contributed by atoms with van der Waals surface area (Å²) in [5, 5.41) is 10.9. The normalized spacial score (nSPS) is 19.1. The molecule has 0 radical (unpaired) electrons. The number of aliphatic hydroxyl groups is 1. The summed E-state index contributed by atoms with van der Waals surface area (Å²) in [7, 11) is 2.11. The van der Waals surface area contributed by atoms with Gasteiger partial charge in [0.05, 0.1) is 18.0 Å². The number of likely N-dealkylation sites (N-methyl/N-ethyl adjacent to an activating group) is 1. The third kappa shape index (κ3) is 9.01. The van der Waals surface area contributed by atoms with E-state index in [2.05, 4.69) is 44.5 Å². The summed E-state index contributed by atoms with van der Waals surface area (Å²) < 4.78 is 6.17. The van der Waals surface area contributed by atoms with E-state index in [1.807, 2.05) is 32.0 Å². The van der Waals surface area contributed by atoms with Crippen LogP contribution in [-0.4, -0.2) is 89.9 Å². The van der Waals surface area contributed by atoms with Gasteiger partial charge in [-0.25, -0.2) is 15.0 Å². The number of hydrogen-bond acceptors (Lipinski definition) is 6. The van der Waals surface area contributed by atoms with E-state index in [4.69, 9.17) is 32.9 Å². The van der Waals surface area contributed by atoms with Gasteiger partial charge in [-0.05, 0) is 95.7 Å². The highest BCUT2D eigenvalue weighted by Crippen LogP contribution is 2.30. The topological polar surface area (TPSA) is 76.8 Å². The Kier molecular flexibility index (Phi) is 11.0. The van der Waals surface area contributed by atoms with Crippen molar-refractivity contribution in [3.05, 3.63) is 57.9 Å². The Labute approximate surface area is 248 Å². The van der Waals surface area contributed by atoms with Crippen LogP contribution < -0.4 is 4.74 Å². The minimum Gasteiger partial charge on any atom is -0.442 e. The third-order valence-corrected chi connectivity index (χ3v) is 7.80. The molecule has 8 nitrogen and oxygen atoms in total. The molecule has 0 bridgehead atoms. The Hall–Kier alpha value is -2.49. The molecule has 2 aliphatic heterocycles. The zero-order chi connectivity index (χ0) is 28.6. The van der Waals surface area contributed by atoms with Gasteiger partial charge in [0.1, 0.15) is 5.76 Å². The molecule has 1 atom stereocenters. The zero-order valence-corrected chi connectivity index (χ0v) is 25.2. The van der Waals surface area contributed by atoms with Crippen LogP contribution in [0, 0.1) is 5.92 Å². The van der Waals surface area contributed by atoms with Crippen molar-refractivity contribution >= 4 is 35.9 Å². The summed E-state index contributed by atoms with van der Waals surface area (Å²) in [6.07, 6.45) is 4.46. The van der Waals surface area contributed by atoms with Crippen molar-refractivity contribution in [2.75, 3.05) is 46.3 Å². The highest BCUT2D eigenvalue weighted by molar-refractivity contribution is 6.35. The molecular weight excluding hydrogens is 547 g/mol. The minimum atomic E-state index is -0.246. The summed E-state index contributed by atoms with van der Waals surface area (Å²) >= 11 is 12.6.